The second-order valence-corrected chi connectivity index (χ2v) is 11.2. The fourth-order valence-electron chi connectivity index (χ4n) is 3.35. The van der Waals surface area contributed by atoms with Crippen molar-refractivity contribution in [1.29, 1.82) is 0 Å². The number of aryl methyl sites for hydroxylation is 1. The molecule has 0 amide bonds. The van der Waals surface area contributed by atoms with E-state index in [4.69, 9.17) is 23.2 Å². The van der Waals surface area contributed by atoms with E-state index in [1.807, 2.05) is 30.3 Å². The lowest BCUT2D eigenvalue weighted by Crippen LogP contribution is -2.26. The molecule has 10 heteroatoms. The second-order valence-electron chi connectivity index (χ2n) is 7.61. The number of hydrogen-bond donors (Lipinski definition) is 1. The van der Waals surface area contributed by atoms with Crippen molar-refractivity contribution in [3.8, 4) is 5.69 Å². The van der Waals surface area contributed by atoms with E-state index in [1.54, 1.807) is 34.9 Å². The molecule has 1 heterocycles. The average Bonchev–Trinajstić information content (AvgIpc) is 3.20. The predicted molar refractivity (Wildman–Crippen MR) is 138 cm³/mol. The molecule has 0 bridgehead atoms. The van der Waals surface area contributed by atoms with E-state index < -0.39 is 10.0 Å². The van der Waals surface area contributed by atoms with E-state index in [-0.39, 0.29) is 12.3 Å². The van der Waals surface area contributed by atoms with Gasteiger partial charge >= 0.3 is 0 Å². The summed E-state index contributed by atoms with van der Waals surface area (Å²) in [5.41, 5.74) is 3.68. The van der Waals surface area contributed by atoms with Crippen LogP contribution in [0.2, 0.25) is 10.0 Å². The van der Waals surface area contributed by atoms with Gasteiger partial charge in [-0.2, -0.15) is 0 Å². The molecule has 0 radical (unpaired) electrons. The van der Waals surface area contributed by atoms with Crippen molar-refractivity contribution in [2.24, 2.45) is 0 Å². The van der Waals surface area contributed by atoms with Crippen molar-refractivity contribution in [2.45, 2.75) is 30.1 Å². The van der Waals surface area contributed by atoms with Gasteiger partial charge in [0.2, 0.25) is 10.0 Å². The van der Waals surface area contributed by atoms with Crippen LogP contribution in [0.25, 0.3) is 5.69 Å². The lowest BCUT2D eigenvalue weighted by Gasteiger charge is -2.13. The van der Waals surface area contributed by atoms with E-state index in [9.17, 15) is 8.42 Å². The molecule has 0 aliphatic carbocycles. The summed E-state index contributed by atoms with van der Waals surface area (Å²) in [5.74, 6) is 0.974. The van der Waals surface area contributed by atoms with Crippen molar-refractivity contribution in [2.75, 3.05) is 0 Å². The summed E-state index contributed by atoms with van der Waals surface area (Å²) in [7, 11) is -3.59. The van der Waals surface area contributed by atoms with E-state index in [0.29, 0.717) is 38.0 Å². The Balaban J connectivity index is 1.61. The van der Waals surface area contributed by atoms with Gasteiger partial charge in [-0.05, 0) is 41.8 Å². The van der Waals surface area contributed by atoms with Crippen LogP contribution in [-0.4, -0.2) is 23.2 Å². The molecule has 0 unspecified atom stereocenters. The average molecular weight is 534 g/mol. The minimum atomic E-state index is -3.59. The monoisotopic (exact) mass is 532 g/mol. The summed E-state index contributed by atoms with van der Waals surface area (Å²) >= 11 is 14.1. The number of aromatic nitrogens is 3. The van der Waals surface area contributed by atoms with Gasteiger partial charge in [-0.3, -0.25) is 4.57 Å². The molecule has 0 saturated heterocycles. The van der Waals surface area contributed by atoms with Gasteiger partial charge in [-0.15, -0.1) is 10.2 Å². The number of thioether (sulfide) groups is 1. The highest BCUT2D eigenvalue weighted by Crippen LogP contribution is 2.31. The highest BCUT2D eigenvalue weighted by atomic mass is 35.5. The molecule has 176 valence electrons. The first-order valence-corrected chi connectivity index (χ1v) is 13.8. The summed E-state index contributed by atoms with van der Waals surface area (Å²) in [6, 6.07) is 22.3. The summed E-state index contributed by atoms with van der Waals surface area (Å²) in [6.45, 7) is 2.02. The van der Waals surface area contributed by atoms with Crippen LogP contribution < -0.4 is 4.72 Å². The van der Waals surface area contributed by atoms with Crippen LogP contribution in [0, 0.1) is 6.92 Å². The molecule has 0 atom stereocenters. The third-order valence-corrected chi connectivity index (χ3v) is 7.93. The number of rotatable bonds is 9. The number of hydrogen-bond acceptors (Lipinski definition) is 5. The van der Waals surface area contributed by atoms with Gasteiger partial charge in [0.15, 0.2) is 11.0 Å². The quantitative estimate of drug-likeness (QED) is 0.276. The first kappa shape index (κ1) is 24.8. The normalized spacial score (nSPS) is 11.6. The molecule has 1 N–H and O–H groups in total. The zero-order chi connectivity index (χ0) is 24.1. The van der Waals surface area contributed by atoms with E-state index in [1.165, 1.54) is 22.9 Å². The third-order valence-electron chi connectivity index (χ3n) is 5.12. The Bertz CT molecular complexity index is 1390. The van der Waals surface area contributed by atoms with E-state index >= 15 is 0 Å². The minimum absolute atomic E-state index is 0.0357. The first-order valence-electron chi connectivity index (χ1n) is 10.4. The van der Waals surface area contributed by atoms with E-state index in [0.717, 1.165) is 0 Å². The maximum atomic E-state index is 12.7. The number of sulfonamides is 1. The van der Waals surface area contributed by atoms with Gasteiger partial charge in [-0.1, -0.05) is 89.6 Å². The SMILES string of the molecule is Cc1ccccc1CSc1nnc(CNS(=O)(=O)Cc2ccccc2)n1-c1ccc(Cl)cc1Cl. The summed E-state index contributed by atoms with van der Waals surface area (Å²) < 4.78 is 29.7. The zero-order valence-electron chi connectivity index (χ0n) is 18.3. The van der Waals surface area contributed by atoms with Crippen molar-refractivity contribution in [3.63, 3.8) is 0 Å². The van der Waals surface area contributed by atoms with E-state index in [2.05, 4.69) is 34.0 Å². The molecule has 6 nitrogen and oxygen atoms in total. The fourth-order valence-corrected chi connectivity index (χ4v) is 5.96. The smallest absolute Gasteiger partial charge is 0.216 e. The van der Waals surface area contributed by atoms with Crippen LogP contribution in [0.4, 0.5) is 0 Å². The van der Waals surface area contributed by atoms with Crippen molar-refractivity contribution in [1.82, 2.24) is 19.5 Å². The molecule has 0 aliphatic heterocycles. The Labute approximate surface area is 213 Å². The summed E-state index contributed by atoms with van der Waals surface area (Å²) in [6.07, 6.45) is 0. The number of benzene rings is 3. The summed E-state index contributed by atoms with van der Waals surface area (Å²) in [5, 5.41) is 10.1. The summed E-state index contributed by atoms with van der Waals surface area (Å²) in [4.78, 5) is 0. The molecule has 1 aromatic heterocycles. The van der Waals surface area contributed by atoms with Crippen LogP contribution in [0.3, 0.4) is 0 Å². The first-order chi connectivity index (χ1) is 16.3. The maximum Gasteiger partial charge on any atom is 0.216 e. The van der Waals surface area contributed by atoms with Crippen LogP contribution in [-0.2, 0) is 28.1 Å². The van der Waals surface area contributed by atoms with Crippen LogP contribution in [0.1, 0.15) is 22.5 Å². The molecular weight excluding hydrogens is 511 g/mol. The van der Waals surface area contributed by atoms with Gasteiger partial charge in [0.1, 0.15) is 0 Å². The highest BCUT2D eigenvalue weighted by Gasteiger charge is 2.20. The molecule has 4 aromatic rings. The van der Waals surface area contributed by atoms with Crippen molar-refractivity contribution in [3.05, 3.63) is 105 Å². The Morgan fingerprint density at radius 1 is 0.971 bits per heavy atom. The van der Waals surface area contributed by atoms with Crippen LogP contribution in [0.5, 0.6) is 0 Å². The Morgan fingerprint density at radius 2 is 1.71 bits per heavy atom. The number of nitrogens with zero attached hydrogens (tertiary/aromatic N) is 3. The zero-order valence-corrected chi connectivity index (χ0v) is 21.4. The topological polar surface area (TPSA) is 76.9 Å². The Morgan fingerprint density at radius 3 is 2.44 bits per heavy atom. The minimum Gasteiger partial charge on any atom is -0.271 e. The molecule has 4 rings (SSSR count). The molecule has 34 heavy (non-hydrogen) atoms. The number of nitrogens with one attached hydrogen (secondary N) is 1. The Hall–Kier alpha value is -2.36. The van der Waals surface area contributed by atoms with Crippen LogP contribution >= 0.6 is 35.0 Å². The fraction of sp³-hybridized carbons (Fsp3) is 0.167. The molecule has 0 saturated carbocycles. The largest absolute Gasteiger partial charge is 0.271 e. The van der Waals surface area contributed by atoms with Crippen LogP contribution in [0.15, 0.2) is 78.0 Å². The van der Waals surface area contributed by atoms with Gasteiger partial charge in [0.05, 0.1) is 23.0 Å². The van der Waals surface area contributed by atoms with Crippen molar-refractivity contribution >= 4 is 45.0 Å². The van der Waals surface area contributed by atoms with Gasteiger partial charge in [0, 0.05) is 10.8 Å². The molecule has 0 fully saturated rings. The van der Waals surface area contributed by atoms with Gasteiger partial charge in [0.25, 0.3) is 0 Å². The van der Waals surface area contributed by atoms with Crippen molar-refractivity contribution < 1.29 is 8.42 Å². The van der Waals surface area contributed by atoms with Gasteiger partial charge < -0.3 is 0 Å². The molecular formula is C24H22Cl2N4O2S2. The molecule has 0 aliphatic rings. The second kappa shape index (κ2) is 10.9. The molecule has 0 spiro atoms. The lowest BCUT2D eigenvalue weighted by molar-refractivity contribution is 0.577. The molecule has 3 aromatic carbocycles. The van der Waals surface area contributed by atoms with Gasteiger partial charge in [-0.25, -0.2) is 13.1 Å². The highest BCUT2D eigenvalue weighted by molar-refractivity contribution is 7.98. The Kier molecular flexibility index (Phi) is 7.95. The lowest BCUT2D eigenvalue weighted by atomic mass is 10.1. The standard InChI is InChI=1S/C24H22Cl2N4O2S2/c1-17-7-5-6-10-19(17)15-33-24-29-28-23(30(24)22-12-11-20(25)13-21(22)26)14-27-34(31,32)16-18-8-3-2-4-9-18/h2-13,27H,14-16H2,1H3. The number of halogens is 2. The maximum absolute atomic E-state index is 12.7. The predicted octanol–water partition coefficient (Wildman–Crippen LogP) is 5.79. The third kappa shape index (κ3) is 6.20.